The van der Waals surface area contributed by atoms with Crippen molar-refractivity contribution in [3.8, 4) is 0 Å². The van der Waals surface area contributed by atoms with Gasteiger partial charge in [-0.15, -0.1) is 0 Å². The highest BCUT2D eigenvalue weighted by Gasteiger charge is 2.30. The van der Waals surface area contributed by atoms with Crippen molar-refractivity contribution in [2.75, 3.05) is 0 Å². The summed E-state index contributed by atoms with van der Waals surface area (Å²) in [6.45, 7) is 3.01. The monoisotopic (exact) mass is 315 g/mol. The van der Waals surface area contributed by atoms with E-state index >= 15 is 0 Å². The number of rotatable bonds is 4. The molecule has 1 aromatic rings. The van der Waals surface area contributed by atoms with Crippen molar-refractivity contribution in [1.82, 2.24) is 4.90 Å². The molecule has 23 heavy (non-hydrogen) atoms. The number of aromatic carboxylic acids is 1. The van der Waals surface area contributed by atoms with E-state index in [1.165, 1.54) is 32.1 Å². The zero-order valence-electron chi connectivity index (χ0n) is 13.8. The number of amides is 1. The molecule has 1 heterocycles. The first-order valence-electron chi connectivity index (χ1n) is 8.69. The lowest BCUT2D eigenvalue weighted by molar-refractivity contribution is -0.136. The minimum absolute atomic E-state index is 0.0284. The molecule has 124 valence electrons. The van der Waals surface area contributed by atoms with Gasteiger partial charge in [-0.3, -0.25) is 4.79 Å². The summed E-state index contributed by atoms with van der Waals surface area (Å²) in [6.07, 6.45) is 7.39. The molecule has 1 aromatic carbocycles. The van der Waals surface area contributed by atoms with Crippen molar-refractivity contribution >= 4 is 11.9 Å². The molecule has 4 nitrogen and oxygen atoms in total. The number of carbonyl (C=O) groups excluding carboxylic acids is 1. The van der Waals surface area contributed by atoms with Gasteiger partial charge in [0.25, 0.3) is 0 Å². The summed E-state index contributed by atoms with van der Waals surface area (Å²) in [5.41, 5.74) is 2.11. The predicted octanol–water partition coefficient (Wildman–Crippen LogP) is 3.83. The molecule has 1 aliphatic heterocycles. The van der Waals surface area contributed by atoms with Crippen LogP contribution in [0.2, 0.25) is 0 Å². The first kappa shape index (κ1) is 16.0. The van der Waals surface area contributed by atoms with Gasteiger partial charge in [-0.1, -0.05) is 51.2 Å². The van der Waals surface area contributed by atoms with Gasteiger partial charge in [-0.05, 0) is 29.5 Å². The average Bonchev–Trinajstić information content (AvgIpc) is 2.98. The summed E-state index contributed by atoms with van der Waals surface area (Å²) >= 11 is 0. The van der Waals surface area contributed by atoms with Crippen molar-refractivity contribution in [2.45, 2.75) is 58.5 Å². The summed E-state index contributed by atoms with van der Waals surface area (Å²) in [4.78, 5) is 25.9. The highest BCUT2D eigenvalue weighted by Crippen LogP contribution is 2.32. The van der Waals surface area contributed by atoms with Crippen molar-refractivity contribution in [2.24, 2.45) is 11.8 Å². The largest absolute Gasteiger partial charge is 0.478 e. The van der Waals surface area contributed by atoms with Crippen LogP contribution in [0.5, 0.6) is 0 Å². The van der Waals surface area contributed by atoms with E-state index in [0.717, 1.165) is 17.5 Å². The molecule has 1 fully saturated rings. The van der Waals surface area contributed by atoms with Crippen LogP contribution in [0.4, 0.5) is 0 Å². The quantitative estimate of drug-likeness (QED) is 0.918. The Labute approximate surface area is 137 Å². The molecule has 0 aromatic heterocycles. The molecule has 0 unspecified atom stereocenters. The van der Waals surface area contributed by atoms with Crippen molar-refractivity contribution in [3.63, 3.8) is 0 Å². The first-order valence-corrected chi connectivity index (χ1v) is 8.69. The molecule has 1 atom stereocenters. The summed E-state index contributed by atoms with van der Waals surface area (Å²) in [5, 5.41) is 9.30. The Hall–Kier alpha value is -1.84. The van der Waals surface area contributed by atoms with Crippen molar-refractivity contribution in [3.05, 3.63) is 34.9 Å². The van der Waals surface area contributed by atoms with Gasteiger partial charge in [-0.2, -0.15) is 0 Å². The fourth-order valence-corrected chi connectivity index (χ4v) is 4.11. The molecule has 4 heteroatoms. The summed E-state index contributed by atoms with van der Waals surface area (Å²) < 4.78 is 0. The molecule has 3 rings (SSSR count). The third-order valence-electron chi connectivity index (χ3n) is 5.36. The summed E-state index contributed by atoms with van der Waals surface area (Å²) in [7, 11) is 0. The molecule has 1 N–H and O–H groups in total. The molecule has 0 saturated heterocycles. The Bertz CT molecular complexity index is 605. The minimum atomic E-state index is -0.911. The van der Waals surface area contributed by atoms with E-state index in [2.05, 4.69) is 0 Å². The number of fused-ring (bicyclic) bond motifs is 1. The number of benzene rings is 1. The number of hydrogen-bond donors (Lipinski definition) is 1. The zero-order valence-corrected chi connectivity index (χ0v) is 13.8. The Balaban J connectivity index is 1.65. The molecule has 0 bridgehead atoms. The maximum Gasteiger partial charge on any atom is 0.336 e. The molecule has 0 spiro atoms. The number of carbonyl (C=O) groups is 2. The third-order valence-corrected chi connectivity index (χ3v) is 5.36. The Morgan fingerprint density at radius 1 is 1.22 bits per heavy atom. The van der Waals surface area contributed by atoms with Gasteiger partial charge >= 0.3 is 5.97 Å². The van der Waals surface area contributed by atoms with Gasteiger partial charge in [0.05, 0.1) is 5.56 Å². The van der Waals surface area contributed by atoms with Crippen molar-refractivity contribution in [1.29, 1.82) is 0 Å². The molecule has 0 radical (unpaired) electrons. The van der Waals surface area contributed by atoms with Crippen LogP contribution in [0.3, 0.4) is 0 Å². The van der Waals surface area contributed by atoms with E-state index < -0.39 is 5.97 Å². The summed E-state index contributed by atoms with van der Waals surface area (Å²) in [6, 6.07) is 5.32. The van der Waals surface area contributed by atoms with Gasteiger partial charge in [0.1, 0.15) is 0 Å². The first-order chi connectivity index (χ1) is 11.1. The lowest BCUT2D eigenvalue weighted by Crippen LogP contribution is -2.32. The van der Waals surface area contributed by atoms with Crippen molar-refractivity contribution < 1.29 is 14.7 Å². The van der Waals surface area contributed by atoms with Crippen LogP contribution in [0.25, 0.3) is 0 Å². The van der Waals surface area contributed by atoms with E-state index in [-0.39, 0.29) is 11.8 Å². The van der Waals surface area contributed by atoms with Crippen LogP contribution in [0.1, 0.15) is 66.9 Å². The topological polar surface area (TPSA) is 57.6 Å². The fraction of sp³-hybridized carbons (Fsp3) is 0.579. The molecule has 2 aliphatic rings. The molecular weight excluding hydrogens is 290 g/mol. The minimum Gasteiger partial charge on any atom is -0.478 e. The lowest BCUT2D eigenvalue weighted by Gasteiger charge is -2.26. The second-order valence-electron chi connectivity index (χ2n) is 7.08. The van der Waals surface area contributed by atoms with Crippen LogP contribution in [0, 0.1) is 11.8 Å². The van der Waals surface area contributed by atoms with Gasteiger partial charge in [0, 0.05) is 19.0 Å². The van der Waals surface area contributed by atoms with Gasteiger partial charge in [-0.25, -0.2) is 4.79 Å². The van der Waals surface area contributed by atoms with E-state index in [9.17, 15) is 14.7 Å². The third kappa shape index (κ3) is 3.41. The molecular formula is C19H25NO3. The Morgan fingerprint density at radius 3 is 2.65 bits per heavy atom. The van der Waals surface area contributed by atoms with E-state index in [4.69, 9.17) is 0 Å². The van der Waals surface area contributed by atoms with Crippen LogP contribution >= 0.6 is 0 Å². The lowest BCUT2D eigenvalue weighted by atomic mass is 9.83. The van der Waals surface area contributed by atoms with E-state index in [0.29, 0.717) is 24.6 Å². The Morgan fingerprint density at radius 2 is 1.96 bits per heavy atom. The van der Waals surface area contributed by atoms with E-state index in [1.807, 2.05) is 17.9 Å². The van der Waals surface area contributed by atoms with Crippen LogP contribution in [-0.4, -0.2) is 21.9 Å². The summed E-state index contributed by atoms with van der Waals surface area (Å²) in [5.74, 6) is -0.0301. The normalized spacial score (nSPS) is 19.4. The molecule has 1 aliphatic carbocycles. The van der Waals surface area contributed by atoms with Gasteiger partial charge < -0.3 is 10.0 Å². The molecule has 1 saturated carbocycles. The highest BCUT2D eigenvalue weighted by atomic mass is 16.4. The highest BCUT2D eigenvalue weighted by molar-refractivity contribution is 5.90. The fourth-order valence-electron chi connectivity index (χ4n) is 4.11. The SMILES string of the molecule is C[C@H](CC1CCCCC1)C(=O)N1Cc2cccc(C(=O)O)c2C1. The smallest absolute Gasteiger partial charge is 0.336 e. The molecule has 1 amide bonds. The van der Waals surface area contributed by atoms with E-state index in [1.54, 1.807) is 12.1 Å². The van der Waals surface area contributed by atoms with Crippen LogP contribution in [-0.2, 0) is 17.9 Å². The van der Waals surface area contributed by atoms with Gasteiger partial charge in [0.15, 0.2) is 0 Å². The second kappa shape index (κ2) is 6.73. The maximum absolute atomic E-state index is 12.7. The number of carboxylic acids is 1. The second-order valence-corrected chi connectivity index (χ2v) is 7.08. The van der Waals surface area contributed by atoms with Crippen LogP contribution in [0.15, 0.2) is 18.2 Å². The zero-order chi connectivity index (χ0) is 16.4. The number of nitrogens with zero attached hydrogens (tertiary/aromatic N) is 1. The van der Waals surface area contributed by atoms with Crippen LogP contribution < -0.4 is 0 Å². The number of hydrogen-bond acceptors (Lipinski definition) is 2. The number of carboxylic acid groups (broad SMARTS) is 1. The standard InChI is InChI=1S/C19H25NO3/c1-13(10-14-6-3-2-4-7-14)18(21)20-11-15-8-5-9-16(19(22)23)17(15)12-20/h5,8-9,13-14H,2-4,6-7,10-12H2,1H3,(H,22,23)/t13-/m1/s1. The van der Waals surface area contributed by atoms with Gasteiger partial charge in [0.2, 0.25) is 5.91 Å². The Kier molecular flexibility index (Phi) is 4.69. The maximum atomic E-state index is 12.7. The predicted molar refractivity (Wildman–Crippen MR) is 88.0 cm³/mol. The average molecular weight is 315 g/mol.